The Kier molecular flexibility index (Phi) is 6.22. The van der Waals surface area contributed by atoms with Crippen LogP contribution in [-0.2, 0) is 0 Å². The van der Waals surface area contributed by atoms with Gasteiger partial charge in [-0.15, -0.1) is 0 Å². The van der Waals surface area contributed by atoms with Crippen LogP contribution < -0.4 is 16.8 Å². The Labute approximate surface area is 141 Å². The lowest BCUT2D eigenvalue weighted by Crippen LogP contribution is -2.33. The number of pyridine rings is 2. The highest BCUT2D eigenvalue weighted by Crippen LogP contribution is 2.32. The Bertz CT molecular complexity index is 659. The van der Waals surface area contributed by atoms with Crippen molar-refractivity contribution in [2.45, 2.75) is 18.9 Å². The van der Waals surface area contributed by atoms with E-state index in [0.717, 1.165) is 31.5 Å². The zero-order chi connectivity index (χ0) is 16.1. The highest BCUT2D eigenvalue weighted by atomic mass is 16.4. The maximum atomic E-state index is 11.4. The molecule has 3 rings (SSSR count). The molecule has 0 spiro atoms. The van der Waals surface area contributed by atoms with Gasteiger partial charge in [0.1, 0.15) is 11.4 Å². The Balaban J connectivity index is 0.00000208. The van der Waals surface area contributed by atoms with Crippen molar-refractivity contribution in [3.05, 3.63) is 54.0 Å². The van der Waals surface area contributed by atoms with E-state index in [4.69, 9.17) is 0 Å². The molecule has 1 fully saturated rings. The van der Waals surface area contributed by atoms with E-state index in [-0.39, 0.29) is 17.8 Å². The molecular formula is C17H23N5O2. The number of aromatic carboxylic acids is 1. The van der Waals surface area contributed by atoms with Gasteiger partial charge in [0.25, 0.3) is 0 Å². The van der Waals surface area contributed by atoms with E-state index in [1.807, 2.05) is 12.1 Å². The first-order valence-corrected chi connectivity index (χ1v) is 7.81. The van der Waals surface area contributed by atoms with Crippen molar-refractivity contribution in [1.82, 2.24) is 21.4 Å². The first kappa shape index (κ1) is 17.8. The maximum absolute atomic E-state index is 11.4. The molecule has 24 heavy (non-hydrogen) atoms. The summed E-state index contributed by atoms with van der Waals surface area (Å²) in [5.41, 5.74) is 1.30. The number of hydrogen-bond donors (Lipinski definition) is 4. The first-order valence-electron chi connectivity index (χ1n) is 7.81. The van der Waals surface area contributed by atoms with Gasteiger partial charge in [0, 0.05) is 18.6 Å². The molecule has 7 heteroatoms. The summed E-state index contributed by atoms with van der Waals surface area (Å²) in [6.45, 7) is 1.95. The summed E-state index contributed by atoms with van der Waals surface area (Å²) in [4.78, 5) is 19.7. The first-order chi connectivity index (χ1) is 11.3. The van der Waals surface area contributed by atoms with E-state index in [1.54, 1.807) is 30.7 Å². The molecule has 0 bridgehead atoms. The Morgan fingerprint density at radius 2 is 1.92 bits per heavy atom. The standard InChI is InChI=1S/C17H20N4O2.H3N/c22-17(23)14-2-1-7-20-16(14)21-15(12-3-8-18-9-4-12)13-5-10-19-11-6-13;/h1-4,7-9,13,15,19H,5-6,10-11H2,(H,20,21)(H,22,23);1H3. The number of carboxylic acids is 1. The van der Waals surface area contributed by atoms with Gasteiger partial charge in [0.15, 0.2) is 0 Å². The number of carbonyl (C=O) groups is 1. The Morgan fingerprint density at radius 3 is 2.58 bits per heavy atom. The molecule has 0 aliphatic carbocycles. The van der Waals surface area contributed by atoms with Gasteiger partial charge < -0.3 is 21.9 Å². The number of aromatic nitrogens is 2. The van der Waals surface area contributed by atoms with Crippen LogP contribution >= 0.6 is 0 Å². The summed E-state index contributed by atoms with van der Waals surface area (Å²) in [6, 6.07) is 7.18. The number of anilines is 1. The Morgan fingerprint density at radius 1 is 1.21 bits per heavy atom. The molecule has 1 atom stereocenters. The van der Waals surface area contributed by atoms with Crippen LogP contribution in [0.15, 0.2) is 42.9 Å². The fourth-order valence-corrected chi connectivity index (χ4v) is 3.06. The quantitative estimate of drug-likeness (QED) is 0.664. The average Bonchev–Trinajstić information content (AvgIpc) is 2.61. The number of nitrogens with one attached hydrogen (secondary N) is 2. The minimum atomic E-state index is -0.973. The van der Waals surface area contributed by atoms with Gasteiger partial charge in [-0.05, 0) is 61.7 Å². The van der Waals surface area contributed by atoms with Crippen LogP contribution in [0.1, 0.15) is 34.8 Å². The van der Waals surface area contributed by atoms with Gasteiger partial charge in [-0.3, -0.25) is 4.98 Å². The largest absolute Gasteiger partial charge is 0.478 e. The lowest BCUT2D eigenvalue weighted by molar-refractivity contribution is 0.0697. The van der Waals surface area contributed by atoms with Crippen LogP contribution in [0.4, 0.5) is 5.82 Å². The summed E-state index contributed by atoms with van der Waals surface area (Å²) in [6.07, 6.45) is 7.22. The molecule has 0 radical (unpaired) electrons. The molecule has 7 nitrogen and oxygen atoms in total. The van der Waals surface area contributed by atoms with E-state index in [1.165, 1.54) is 0 Å². The normalized spacial score (nSPS) is 16.0. The fraction of sp³-hybridized carbons (Fsp3) is 0.353. The molecule has 0 aromatic carbocycles. The van der Waals surface area contributed by atoms with Crippen LogP contribution in [0.25, 0.3) is 0 Å². The van der Waals surface area contributed by atoms with Crippen molar-refractivity contribution in [2.24, 2.45) is 5.92 Å². The van der Waals surface area contributed by atoms with Gasteiger partial charge in [-0.2, -0.15) is 0 Å². The predicted molar refractivity (Wildman–Crippen MR) is 92.4 cm³/mol. The Hall–Kier alpha value is -2.51. The number of rotatable bonds is 5. The molecular weight excluding hydrogens is 306 g/mol. The highest BCUT2D eigenvalue weighted by molar-refractivity contribution is 5.93. The van der Waals surface area contributed by atoms with Crippen LogP contribution in [-0.4, -0.2) is 34.1 Å². The lowest BCUT2D eigenvalue weighted by atomic mass is 9.86. The second-order valence-corrected chi connectivity index (χ2v) is 5.69. The molecule has 2 aromatic heterocycles. The number of piperidine rings is 1. The SMILES string of the molecule is N.O=C(O)c1cccnc1NC(c1ccncc1)C1CCNCC1. The molecule has 0 saturated carbocycles. The van der Waals surface area contributed by atoms with Crippen LogP contribution in [0.5, 0.6) is 0 Å². The molecule has 3 heterocycles. The summed E-state index contributed by atoms with van der Waals surface area (Å²) in [5, 5.41) is 16.1. The molecule has 2 aromatic rings. The summed E-state index contributed by atoms with van der Waals surface area (Å²) in [5.74, 6) is -0.137. The zero-order valence-corrected chi connectivity index (χ0v) is 13.5. The van der Waals surface area contributed by atoms with Crippen molar-refractivity contribution in [3.8, 4) is 0 Å². The van der Waals surface area contributed by atoms with Crippen molar-refractivity contribution in [1.29, 1.82) is 0 Å². The molecule has 6 N–H and O–H groups in total. The fourth-order valence-electron chi connectivity index (χ4n) is 3.06. The van der Waals surface area contributed by atoms with Crippen molar-refractivity contribution < 1.29 is 9.90 Å². The predicted octanol–water partition coefficient (Wildman–Crippen LogP) is 2.49. The molecule has 0 amide bonds. The van der Waals surface area contributed by atoms with Gasteiger partial charge in [-0.1, -0.05) is 0 Å². The van der Waals surface area contributed by atoms with Crippen molar-refractivity contribution in [3.63, 3.8) is 0 Å². The number of nitrogens with zero attached hydrogens (tertiary/aromatic N) is 2. The molecule has 128 valence electrons. The molecule has 1 unspecified atom stereocenters. The minimum absolute atomic E-state index is 0. The van der Waals surface area contributed by atoms with E-state index in [2.05, 4.69) is 20.6 Å². The highest BCUT2D eigenvalue weighted by Gasteiger charge is 2.26. The van der Waals surface area contributed by atoms with E-state index in [0.29, 0.717) is 11.7 Å². The second kappa shape index (κ2) is 8.37. The van der Waals surface area contributed by atoms with Crippen LogP contribution in [0.3, 0.4) is 0 Å². The van der Waals surface area contributed by atoms with Gasteiger partial charge >= 0.3 is 5.97 Å². The van der Waals surface area contributed by atoms with Gasteiger partial charge in [0.05, 0.1) is 6.04 Å². The molecule has 1 aliphatic rings. The van der Waals surface area contributed by atoms with E-state index >= 15 is 0 Å². The third-order valence-corrected chi connectivity index (χ3v) is 4.25. The van der Waals surface area contributed by atoms with E-state index in [9.17, 15) is 9.90 Å². The van der Waals surface area contributed by atoms with Crippen molar-refractivity contribution >= 4 is 11.8 Å². The average molecular weight is 329 g/mol. The van der Waals surface area contributed by atoms with Crippen molar-refractivity contribution in [2.75, 3.05) is 18.4 Å². The van der Waals surface area contributed by atoms with Crippen LogP contribution in [0.2, 0.25) is 0 Å². The molecule has 1 aliphatic heterocycles. The third kappa shape index (κ3) is 4.06. The maximum Gasteiger partial charge on any atom is 0.339 e. The summed E-state index contributed by atoms with van der Waals surface area (Å²) in [7, 11) is 0. The number of carboxylic acid groups (broad SMARTS) is 1. The lowest BCUT2D eigenvalue weighted by Gasteiger charge is -2.32. The van der Waals surface area contributed by atoms with Gasteiger partial charge in [0.2, 0.25) is 0 Å². The summed E-state index contributed by atoms with van der Waals surface area (Å²) >= 11 is 0. The smallest absolute Gasteiger partial charge is 0.339 e. The van der Waals surface area contributed by atoms with Gasteiger partial charge in [-0.25, -0.2) is 9.78 Å². The zero-order valence-electron chi connectivity index (χ0n) is 13.5. The van der Waals surface area contributed by atoms with Crippen LogP contribution in [0, 0.1) is 5.92 Å². The molecule has 1 saturated heterocycles. The monoisotopic (exact) mass is 329 g/mol. The van der Waals surface area contributed by atoms with E-state index < -0.39 is 5.97 Å². The number of hydrogen-bond acceptors (Lipinski definition) is 6. The third-order valence-electron chi connectivity index (χ3n) is 4.25. The topological polar surface area (TPSA) is 122 Å². The minimum Gasteiger partial charge on any atom is -0.478 e. The second-order valence-electron chi connectivity index (χ2n) is 5.69. The summed E-state index contributed by atoms with van der Waals surface area (Å²) < 4.78 is 0.